The number of thiazole rings is 1. The van der Waals surface area contributed by atoms with E-state index in [0.717, 1.165) is 11.4 Å². The van der Waals surface area contributed by atoms with Crippen LogP contribution in [0.25, 0.3) is 0 Å². The van der Waals surface area contributed by atoms with Gasteiger partial charge in [0.15, 0.2) is 0 Å². The second kappa shape index (κ2) is 6.67. The van der Waals surface area contributed by atoms with Crippen molar-refractivity contribution in [2.75, 3.05) is 7.11 Å². The third-order valence-electron chi connectivity index (χ3n) is 2.92. The Bertz CT molecular complexity index is 576. The Hall–Kier alpha value is -1.66. The second-order valence-electron chi connectivity index (χ2n) is 4.38. The number of carbonyl (C=O) groups is 1. The molecule has 0 aliphatic carbocycles. The lowest BCUT2D eigenvalue weighted by Crippen LogP contribution is -2.17. The van der Waals surface area contributed by atoms with Crippen LogP contribution < -0.4 is 5.32 Å². The van der Waals surface area contributed by atoms with Crippen molar-refractivity contribution in [2.45, 2.75) is 32.9 Å². The van der Waals surface area contributed by atoms with Gasteiger partial charge in [0, 0.05) is 11.1 Å². The first-order valence-electron chi connectivity index (χ1n) is 6.49. The molecule has 2 heterocycles. The van der Waals surface area contributed by atoms with E-state index in [1.165, 1.54) is 12.0 Å². The average molecular weight is 294 g/mol. The molecule has 2 aromatic rings. The molecule has 0 amide bonds. The number of aryl methyl sites for hydroxylation is 1. The molecule has 0 saturated carbocycles. The van der Waals surface area contributed by atoms with Gasteiger partial charge in [-0.1, -0.05) is 6.92 Å². The van der Waals surface area contributed by atoms with Crippen LogP contribution in [0.1, 0.15) is 46.1 Å². The van der Waals surface area contributed by atoms with Crippen molar-refractivity contribution in [3.8, 4) is 0 Å². The fraction of sp³-hybridized carbons (Fsp3) is 0.429. The zero-order valence-corrected chi connectivity index (χ0v) is 12.6. The molecule has 5 nitrogen and oxygen atoms in total. The molecule has 108 valence electrons. The van der Waals surface area contributed by atoms with Gasteiger partial charge in [-0.05, 0) is 25.5 Å². The minimum absolute atomic E-state index is 0.145. The Kier molecular flexibility index (Phi) is 4.92. The molecule has 20 heavy (non-hydrogen) atoms. The topological polar surface area (TPSA) is 64.4 Å². The van der Waals surface area contributed by atoms with E-state index in [4.69, 9.17) is 4.42 Å². The number of nitrogens with zero attached hydrogens (tertiary/aromatic N) is 1. The van der Waals surface area contributed by atoms with Gasteiger partial charge in [-0.2, -0.15) is 0 Å². The number of methoxy groups -OCH3 is 1. The monoisotopic (exact) mass is 294 g/mol. The minimum atomic E-state index is -0.461. The number of rotatable bonds is 6. The predicted molar refractivity (Wildman–Crippen MR) is 76.8 cm³/mol. The minimum Gasteiger partial charge on any atom is -0.463 e. The van der Waals surface area contributed by atoms with E-state index >= 15 is 0 Å². The summed E-state index contributed by atoms with van der Waals surface area (Å²) in [5.41, 5.74) is 0. The maximum absolute atomic E-state index is 11.3. The standard InChI is InChI=1S/C14H18N2O3S/c1-4-11-8-16-13(20-11)9(2)15-7-10-5-6-12(19-10)14(17)18-3/h5-6,8-9,15H,4,7H2,1-3H3. The number of hydrogen-bond donors (Lipinski definition) is 1. The van der Waals surface area contributed by atoms with Crippen molar-refractivity contribution in [1.29, 1.82) is 0 Å². The molecule has 0 aliphatic heterocycles. The van der Waals surface area contributed by atoms with E-state index in [2.05, 4.69) is 28.9 Å². The van der Waals surface area contributed by atoms with Gasteiger partial charge in [-0.25, -0.2) is 9.78 Å². The molecule has 0 spiro atoms. The molecule has 1 N–H and O–H groups in total. The van der Waals surface area contributed by atoms with Gasteiger partial charge in [0.1, 0.15) is 10.8 Å². The summed E-state index contributed by atoms with van der Waals surface area (Å²) in [4.78, 5) is 17.0. The molecule has 0 fully saturated rings. The van der Waals surface area contributed by atoms with Crippen molar-refractivity contribution >= 4 is 17.3 Å². The normalized spacial score (nSPS) is 12.3. The van der Waals surface area contributed by atoms with E-state index in [1.807, 2.05) is 6.20 Å². The summed E-state index contributed by atoms with van der Waals surface area (Å²) in [5.74, 6) is 0.459. The van der Waals surface area contributed by atoms with Crippen molar-refractivity contribution in [3.63, 3.8) is 0 Å². The van der Waals surface area contributed by atoms with Gasteiger partial charge in [0.2, 0.25) is 5.76 Å². The first-order chi connectivity index (χ1) is 9.63. The molecule has 1 atom stereocenters. The molecular weight excluding hydrogens is 276 g/mol. The highest BCUT2D eigenvalue weighted by molar-refractivity contribution is 7.11. The fourth-order valence-corrected chi connectivity index (χ4v) is 2.59. The Morgan fingerprint density at radius 3 is 3.00 bits per heavy atom. The van der Waals surface area contributed by atoms with Crippen LogP contribution >= 0.6 is 11.3 Å². The Morgan fingerprint density at radius 2 is 2.35 bits per heavy atom. The smallest absolute Gasteiger partial charge is 0.373 e. The van der Waals surface area contributed by atoms with Crippen molar-refractivity contribution in [3.05, 3.63) is 39.7 Å². The highest BCUT2D eigenvalue weighted by Gasteiger charge is 2.13. The van der Waals surface area contributed by atoms with Gasteiger partial charge in [-0.3, -0.25) is 0 Å². The lowest BCUT2D eigenvalue weighted by atomic mass is 10.3. The summed E-state index contributed by atoms with van der Waals surface area (Å²) in [6, 6.07) is 3.53. The number of aromatic nitrogens is 1. The van der Waals surface area contributed by atoms with E-state index in [-0.39, 0.29) is 11.8 Å². The van der Waals surface area contributed by atoms with E-state index in [9.17, 15) is 4.79 Å². The van der Waals surface area contributed by atoms with Crippen molar-refractivity contribution in [2.24, 2.45) is 0 Å². The lowest BCUT2D eigenvalue weighted by molar-refractivity contribution is 0.0563. The molecule has 0 bridgehead atoms. The van der Waals surface area contributed by atoms with Crippen molar-refractivity contribution < 1.29 is 13.9 Å². The summed E-state index contributed by atoms with van der Waals surface area (Å²) in [5, 5.41) is 4.38. The predicted octanol–water partition coefficient (Wildman–Crippen LogP) is 2.94. The molecule has 0 saturated heterocycles. The molecule has 0 aromatic carbocycles. The summed E-state index contributed by atoms with van der Waals surface area (Å²) in [7, 11) is 1.33. The van der Waals surface area contributed by atoms with Crippen LogP contribution in [0.2, 0.25) is 0 Å². The van der Waals surface area contributed by atoms with Crippen LogP contribution in [0.3, 0.4) is 0 Å². The quantitative estimate of drug-likeness (QED) is 0.830. The van der Waals surface area contributed by atoms with Crippen LogP contribution in [0.4, 0.5) is 0 Å². The van der Waals surface area contributed by atoms with Crippen LogP contribution in [0.5, 0.6) is 0 Å². The molecule has 1 unspecified atom stereocenters. The molecule has 0 radical (unpaired) electrons. The molecule has 6 heteroatoms. The third kappa shape index (κ3) is 3.46. The zero-order valence-electron chi connectivity index (χ0n) is 11.8. The number of hydrogen-bond acceptors (Lipinski definition) is 6. The van der Waals surface area contributed by atoms with Gasteiger partial charge >= 0.3 is 5.97 Å². The summed E-state index contributed by atoms with van der Waals surface area (Å²) in [6.07, 6.45) is 2.92. The molecule has 0 aliphatic rings. The second-order valence-corrected chi connectivity index (χ2v) is 5.53. The van der Waals surface area contributed by atoms with E-state index in [0.29, 0.717) is 12.3 Å². The van der Waals surface area contributed by atoms with Crippen LogP contribution in [0.15, 0.2) is 22.7 Å². The largest absolute Gasteiger partial charge is 0.463 e. The number of esters is 1. The number of nitrogens with one attached hydrogen (secondary N) is 1. The van der Waals surface area contributed by atoms with Crippen LogP contribution in [-0.4, -0.2) is 18.1 Å². The first kappa shape index (κ1) is 14.7. The summed E-state index contributed by atoms with van der Waals surface area (Å²) < 4.78 is 9.99. The van der Waals surface area contributed by atoms with Crippen LogP contribution in [-0.2, 0) is 17.7 Å². The maximum atomic E-state index is 11.3. The molecule has 2 aromatic heterocycles. The Labute approximate surface area is 122 Å². The number of furan rings is 1. The summed E-state index contributed by atoms with van der Waals surface area (Å²) in [6.45, 7) is 4.72. The SMILES string of the molecule is CCc1cnc(C(C)NCc2ccc(C(=O)OC)o2)s1. The van der Waals surface area contributed by atoms with E-state index < -0.39 is 5.97 Å². The third-order valence-corrected chi connectivity index (χ3v) is 4.25. The van der Waals surface area contributed by atoms with Crippen LogP contribution in [0, 0.1) is 0 Å². The van der Waals surface area contributed by atoms with Gasteiger partial charge in [-0.15, -0.1) is 11.3 Å². The highest BCUT2D eigenvalue weighted by Crippen LogP contribution is 2.20. The highest BCUT2D eigenvalue weighted by atomic mass is 32.1. The molecule has 2 rings (SSSR count). The zero-order chi connectivity index (χ0) is 14.5. The Balaban J connectivity index is 1.91. The number of ether oxygens (including phenoxy) is 1. The lowest BCUT2D eigenvalue weighted by Gasteiger charge is -2.09. The maximum Gasteiger partial charge on any atom is 0.373 e. The van der Waals surface area contributed by atoms with E-state index in [1.54, 1.807) is 23.5 Å². The van der Waals surface area contributed by atoms with Gasteiger partial charge in [0.05, 0.1) is 19.7 Å². The summed E-state index contributed by atoms with van der Waals surface area (Å²) >= 11 is 1.71. The fourth-order valence-electron chi connectivity index (χ4n) is 1.71. The van der Waals surface area contributed by atoms with Gasteiger partial charge < -0.3 is 14.5 Å². The molecular formula is C14H18N2O3S. The average Bonchev–Trinajstić information content (AvgIpc) is 3.12. The van der Waals surface area contributed by atoms with Crippen molar-refractivity contribution in [1.82, 2.24) is 10.3 Å². The number of carbonyl (C=O) groups excluding carboxylic acids is 1. The Morgan fingerprint density at radius 1 is 1.55 bits per heavy atom. The first-order valence-corrected chi connectivity index (χ1v) is 7.30. The van der Waals surface area contributed by atoms with Gasteiger partial charge in [0.25, 0.3) is 0 Å².